The van der Waals surface area contributed by atoms with Gasteiger partial charge in [-0.15, -0.1) is 0 Å². The summed E-state index contributed by atoms with van der Waals surface area (Å²) in [4.78, 5) is 19.3. The van der Waals surface area contributed by atoms with Crippen LogP contribution in [0.25, 0.3) is 0 Å². The summed E-state index contributed by atoms with van der Waals surface area (Å²) in [5.74, 6) is 0.485. The first kappa shape index (κ1) is 13.9. The van der Waals surface area contributed by atoms with E-state index in [0.717, 1.165) is 0 Å². The summed E-state index contributed by atoms with van der Waals surface area (Å²) in [5.41, 5.74) is 0. The van der Waals surface area contributed by atoms with Crippen LogP contribution in [0.15, 0.2) is 60.7 Å². The van der Waals surface area contributed by atoms with E-state index in [9.17, 15) is 9.59 Å². The van der Waals surface area contributed by atoms with E-state index in [1.54, 1.807) is 48.5 Å². The monoisotopic (exact) mass is 293 g/mol. The fraction of sp³-hybridized carbons (Fsp3) is 0. The minimum atomic E-state index is -2.66. The topological polar surface area (TPSA) is 68.2 Å². The second-order valence-electron chi connectivity index (χ2n) is 3.62. The van der Waals surface area contributed by atoms with Gasteiger partial charge in [-0.2, -0.15) is 0 Å². The number of hydrogen-bond acceptors (Lipinski definition) is 5. The van der Waals surface area contributed by atoms with Crippen LogP contribution in [0, 0.1) is 0 Å². The Morgan fingerprint density at radius 3 is 2.11 bits per heavy atom. The van der Waals surface area contributed by atoms with E-state index in [-0.39, 0.29) is 0 Å². The van der Waals surface area contributed by atoms with Gasteiger partial charge in [-0.1, -0.05) is 48.5 Å². The molecule has 0 heterocycles. The molecule has 0 spiro atoms. The summed E-state index contributed by atoms with van der Waals surface area (Å²) in [6.07, 6.45) is 0. The van der Waals surface area contributed by atoms with Crippen LogP contribution in [-0.4, -0.2) is 28.4 Å². The summed E-state index contributed by atoms with van der Waals surface area (Å²) in [6, 6.07) is 17.7. The van der Waals surface area contributed by atoms with E-state index in [4.69, 9.17) is 13.6 Å². The van der Waals surface area contributed by atoms with Crippen LogP contribution in [0.4, 0.5) is 0 Å². The lowest BCUT2D eigenvalue weighted by atomic mass is 10.3. The Morgan fingerprint density at radius 2 is 1.47 bits per heavy atom. The zero-order chi connectivity index (χ0) is 13.5. The van der Waals surface area contributed by atoms with E-state index >= 15 is 0 Å². The Balaban J connectivity index is 1.79. The summed E-state index contributed by atoms with van der Waals surface area (Å²) in [6.45, 7) is 0. The quantitative estimate of drug-likeness (QED) is 0.449. The van der Waals surface area contributed by atoms with Crippen molar-refractivity contribution in [1.82, 2.24) is 0 Å². The fourth-order valence-corrected chi connectivity index (χ4v) is 3.09. The molecule has 0 bridgehead atoms. The van der Waals surface area contributed by atoms with Gasteiger partial charge in [-0.3, -0.25) is 4.58 Å². The molecule has 0 aromatic heterocycles. The highest BCUT2D eigenvalue weighted by molar-refractivity contribution is 6.60. The van der Waals surface area contributed by atoms with Crippen molar-refractivity contribution in [2.75, 3.05) is 0 Å². The normalized spacial score (nSPS) is 12.4. The van der Waals surface area contributed by atoms with Crippen LogP contribution in [0.2, 0.25) is 0 Å². The van der Waals surface area contributed by atoms with Crippen LogP contribution in [0.1, 0.15) is 0 Å². The van der Waals surface area contributed by atoms with Crippen molar-refractivity contribution in [1.29, 1.82) is 0 Å². The Hall–Kier alpha value is -1.49. The van der Waals surface area contributed by atoms with Crippen molar-refractivity contribution >= 4 is 24.0 Å². The first-order valence-corrected chi connectivity index (χ1v) is 8.44. The number of benzene rings is 2. The summed E-state index contributed by atoms with van der Waals surface area (Å²) < 4.78 is 14.7. The molecule has 0 amide bonds. The van der Waals surface area contributed by atoms with Crippen molar-refractivity contribution in [2.24, 2.45) is 0 Å². The largest absolute Gasteiger partial charge is 0.682 e. The van der Waals surface area contributed by atoms with Gasteiger partial charge in [0.2, 0.25) is 0 Å². The molecule has 0 saturated heterocycles. The molecule has 1 unspecified atom stereocenters. The highest BCUT2D eigenvalue weighted by atomic mass is 28.3. The highest BCUT2D eigenvalue weighted by Gasteiger charge is 2.22. The predicted octanol–water partition coefficient (Wildman–Crippen LogP) is 0.111. The molecule has 19 heavy (non-hydrogen) atoms. The third-order valence-electron chi connectivity index (χ3n) is 2.24. The van der Waals surface area contributed by atoms with Crippen LogP contribution < -0.4 is 9.61 Å². The van der Waals surface area contributed by atoms with Gasteiger partial charge in [0.25, 0.3) is 0 Å². The smallest absolute Gasteiger partial charge is 0.497 e. The van der Waals surface area contributed by atoms with E-state index < -0.39 is 18.8 Å². The molecule has 99 valence electrons. The molecule has 2 aromatic carbocycles. The first-order chi connectivity index (χ1) is 9.25. The summed E-state index contributed by atoms with van der Waals surface area (Å²) in [5, 5.41) is 0.664. The molecule has 1 radical (unpaired) electrons. The molecule has 2 rings (SSSR count). The van der Waals surface area contributed by atoms with Crippen molar-refractivity contribution in [3.05, 3.63) is 60.7 Å². The summed E-state index contributed by atoms with van der Waals surface area (Å²) in [7, 11) is -5.25. The molecule has 0 saturated carbocycles. The van der Waals surface area contributed by atoms with Gasteiger partial charge in [-0.25, -0.2) is 4.58 Å². The predicted molar refractivity (Wildman–Crippen MR) is 72.7 cm³/mol. The third-order valence-corrected chi connectivity index (χ3v) is 4.32. The van der Waals surface area contributed by atoms with Gasteiger partial charge in [-0.05, 0) is 17.3 Å². The van der Waals surface area contributed by atoms with Crippen LogP contribution in [0.5, 0.6) is 5.75 Å². The van der Waals surface area contributed by atoms with Gasteiger partial charge >= 0.3 is 18.8 Å². The van der Waals surface area contributed by atoms with E-state index in [1.165, 1.54) is 0 Å². The molecule has 7 heteroatoms. The van der Waals surface area contributed by atoms with Gasteiger partial charge in [0.15, 0.2) is 0 Å². The summed E-state index contributed by atoms with van der Waals surface area (Å²) >= 11 is 0. The fourth-order valence-electron chi connectivity index (χ4n) is 1.37. The van der Waals surface area contributed by atoms with Crippen LogP contribution >= 0.6 is 0 Å². The molecular formula is C12H13O5Si2. The Bertz CT molecular complexity index is 482. The molecule has 0 aliphatic rings. The molecule has 2 N–H and O–H groups in total. The molecule has 0 fully saturated rings. The Morgan fingerprint density at radius 1 is 0.895 bits per heavy atom. The molecule has 5 nitrogen and oxygen atoms in total. The van der Waals surface area contributed by atoms with E-state index in [0.29, 0.717) is 10.9 Å². The van der Waals surface area contributed by atoms with E-state index in [1.807, 2.05) is 12.1 Å². The SMILES string of the molecule is O[Si](OO[SiH](O)c1ccccc1)Oc1ccccc1. The van der Waals surface area contributed by atoms with Crippen LogP contribution in [-0.2, 0) is 9.15 Å². The third kappa shape index (κ3) is 4.60. The lowest BCUT2D eigenvalue weighted by Gasteiger charge is -2.12. The number of rotatable bonds is 6. The van der Waals surface area contributed by atoms with Gasteiger partial charge in [0.05, 0.1) is 0 Å². The maximum Gasteiger partial charge on any atom is 0.682 e. The first-order valence-electron chi connectivity index (χ1n) is 5.61. The average Bonchev–Trinajstić information content (AvgIpc) is 2.47. The second-order valence-corrected chi connectivity index (χ2v) is 6.09. The molecule has 0 aliphatic carbocycles. The maximum atomic E-state index is 9.78. The lowest BCUT2D eigenvalue weighted by molar-refractivity contribution is -0.150. The molecule has 0 aliphatic heterocycles. The standard InChI is InChI=1S/C12H13O5Si2/c13-18(12-9-5-2-6-10-12)16-17-19(14)15-11-7-3-1-4-8-11/h1-10,13-14,18H. The Kier molecular flexibility index (Phi) is 5.27. The van der Waals surface area contributed by atoms with Crippen LogP contribution in [0.3, 0.4) is 0 Å². The molecular weight excluding hydrogens is 280 g/mol. The van der Waals surface area contributed by atoms with Crippen molar-refractivity contribution in [3.63, 3.8) is 0 Å². The number of para-hydroxylation sites is 1. The zero-order valence-electron chi connectivity index (χ0n) is 9.97. The van der Waals surface area contributed by atoms with Gasteiger partial charge in [0, 0.05) is 0 Å². The van der Waals surface area contributed by atoms with Crippen molar-refractivity contribution < 1.29 is 23.2 Å². The minimum absolute atomic E-state index is 0.485. The number of hydrogen-bond donors (Lipinski definition) is 2. The second kappa shape index (κ2) is 7.19. The van der Waals surface area contributed by atoms with Crippen molar-refractivity contribution in [2.45, 2.75) is 0 Å². The zero-order valence-corrected chi connectivity index (χ0v) is 12.1. The average molecular weight is 293 g/mol. The molecule has 1 atom stereocenters. The lowest BCUT2D eigenvalue weighted by Crippen LogP contribution is -2.37. The van der Waals surface area contributed by atoms with Gasteiger partial charge < -0.3 is 14.0 Å². The minimum Gasteiger partial charge on any atom is -0.497 e. The van der Waals surface area contributed by atoms with Gasteiger partial charge in [0.1, 0.15) is 5.75 Å². The molecule has 2 aromatic rings. The maximum absolute atomic E-state index is 9.78. The highest BCUT2D eigenvalue weighted by Crippen LogP contribution is 2.09. The Labute approximate surface area is 114 Å². The van der Waals surface area contributed by atoms with E-state index in [2.05, 4.69) is 0 Å². The van der Waals surface area contributed by atoms with Crippen molar-refractivity contribution in [3.8, 4) is 5.75 Å².